The van der Waals surface area contributed by atoms with Crippen molar-refractivity contribution in [2.75, 3.05) is 0 Å². The van der Waals surface area contributed by atoms with E-state index in [9.17, 15) is 22.0 Å². The average molecular weight is 409 g/mol. The molecule has 2 aliphatic rings. The van der Waals surface area contributed by atoms with Gasteiger partial charge >= 0.3 is 5.76 Å². The fraction of sp³-hybridized carbons (Fsp3) is 0.588. The summed E-state index contributed by atoms with van der Waals surface area (Å²) in [4.78, 5) is 12.0. The lowest BCUT2D eigenvalue weighted by Crippen LogP contribution is -2.53. The van der Waals surface area contributed by atoms with Crippen molar-refractivity contribution < 1.29 is 22.0 Å². The van der Waals surface area contributed by atoms with Crippen molar-refractivity contribution in [2.24, 2.45) is 17.6 Å². The van der Waals surface area contributed by atoms with Crippen LogP contribution >= 0.6 is 12.4 Å². The molecule has 3 N–H and O–H groups in total. The Balaban J connectivity index is 0.00000243. The lowest BCUT2D eigenvalue weighted by Gasteiger charge is -2.45. The second-order valence-electron chi connectivity index (χ2n) is 7.01. The van der Waals surface area contributed by atoms with Gasteiger partial charge in [0.05, 0.1) is 4.90 Å². The summed E-state index contributed by atoms with van der Waals surface area (Å²) < 4.78 is 48.0. The van der Waals surface area contributed by atoms with Gasteiger partial charge in [0.1, 0.15) is 0 Å². The Morgan fingerprint density at radius 1 is 1.12 bits per heavy atom. The quantitative estimate of drug-likeness (QED) is 0.801. The summed E-state index contributed by atoms with van der Waals surface area (Å²) in [7, 11) is -4.64. The molecular formula is C17H23ClF2N2O3S. The van der Waals surface area contributed by atoms with E-state index >= 15 is 0 Å². The molecule has 2 aliphatic carbocycles. The molecule has 0 saturated heterocycles. The van der Waals surface area contributed by atoms with E-state index in [0.717, 1.165) is 44.2 Å². The van der Waals surface area contributed by atoms with Crippen LogP contribution in [-0.2, 0) is 9.84 Å². The van der Waals surface area contributed by atoms with Gasteiger partial charge in [-0.1, -0.05) is 6.42 Å². The largest absolute Gasteiger partial charge is 0.349 e. The van der Waals surface area contributed by atoms with Crippen LogP contribution in [0.1, 0.15) is 42.5 Å². The number of nitrogens with one attached hydrogen (secondary N) is 1. The van der Waals surface area contributed by atoms with Gasteiger partial charge in [0, 0.05) is 17.6 Å². The number of amides is 1. The molecular weight excluding hydrogens is 386 g/mol. The van der Waals surface area contributed by atoms with E-state index in [1.54, 1.807) is 0 Å². The van der Waals surface area contributed by atoms with Crippen LogP contribution in [0.15, 0.2) is 29.2 Å². The Hall–Kier alpha value is -1.25. The number of benzene rings is 1. The highest BCUT2D eigenvalue weighted by atomic mass is 35.5. The first kappa shape index (κ1) is 21.1. The number of hydrogen-bond acceptors (Lipinski definition) is 4. The second kappa shape index (κ2) is 8.19. The minimum absolute atomic E-state index is 0. The fourth-order valence-electron chi connectivity index (χ4n) is 4.16. The maximum atomic E-state index is 12.6. The minimum atomic E-state index is -4.64. The predicted molar refractivity (Wildman–Crippen MR) is 96.2 cm³/mol. The second-order valence-corrected chi connectivity index (χ2v) is 8.93. The smallest absolute Gasteiger partial charge is 0.341 e. The molecule has 5 nitrogen and oxygen atoms in total. The van der Waals surface area contributed by atoms with Gasteiger partial charge in [-0.25, -0.2) is 8.42 Å². The topological polar surface area (TPSA) is 89.3 Å². The van der Waals surface area contributed by atoms with E-state index in [1.807, 2.05) is 0 Å². The van der Waals surface area contributed by atoms with Gasteiger partial charge in [-0.15, -0.1) is 12.4 Å². The Morgan fingerprint density at radius 2 is 1.65 bits per heavy atom. The fourth-order valence-corrected chi connectivity index (χ4v) is 4.88. The van der Waals surface area contributed by atoms with Crippen molar-refractivity contribution in [3.8, 4) is 0 Å². The van der Waals surface area contributed by atoms with Crippen LogP contribution in [0, 0.1) is 11.8 Å². The normalized spacial score (nSPS) is 28.3. The van der Waals surface area contributed by atoms with Crippen molar-refractivity contribution in [2.45, 2.75) is 54.8 Å². The first-order valence-electron chi connectivity index (χ1n) is 8.47. The predicted octanol–water partition coefficient (Wildman–Crippen LogP) is 2.74. The van der Waals surface area contributed by atoms with Crippen LogP contribution in [0.25, 0.3) is 0 Å². The van der Waals surface area contributed by atoms with Gasteiger partial charge in [-0.2, -0.15) is 8.78 Å². The first-order chi connectivity index (χ1) is 11.8. The van der Waals surface area contributed by atoms with Crippen LogP contribution in [0.5, 0.6) is 0 Å². The summed E-state index contributed by atoms with van der Waals surface area (Å²) in [6.45, 7) is 0. The summed E-state index contributed by atoms with van der Waals surface area (Å²) in [5, 5.41) is 3.05. The third-order valence-corrected chi connectivity index (χ3v) is 6.75. The molecule has 1 aromatic rings. The summed E-state index contributed by atoms with van der Waals surface area (Å²) >= 11 is 0. The number of sulfone groups is 1. The molecule has 2 bridgehead atoms. The monoisotopic (exact) mass is 408 g/mol. The molecule has 26 heavy (non-hydrogen) atoms. The molecule has 1 aromatic carbocycles. The standard InChI is InChI=1S/C17H22F2N2O3S.ClH/c18-17(19)25(23,24)14-6-4-10(5-7-14)16(22)21-15-11-2-1-3-12(15)9-13(20)8-11;/h4-7,11-13,15,17H,1-3,8-9,20H2,(H,21,22);1H. The van der Waals surface area contributed by atoms with Gasteiger partial charge in [-0.05, 0) is 61.8 Å². The molecule has 0 aromatic heterocycles. The van der Waals surface area contributed by atoms with Gasteiger partial charge in [0.25, 0.3) is 5.91 Å². The molecule has 0 heterocycles. The van der Waals surface area contributed by atoms with Gasteiger partial charge in [0.2, 0.25) is 9.84 Å². The van der Waals surface area contributed by atoms with E-state index in [4.69, 9.17) is 5.73 Å². The average Bonchev–Trinajstić information content (AvgIpc) is 2.55. The number of alkyl halides is 2. The maximum Gasteiger partial charge on any atom is 0.341 e. The third-order valence-electron chi connectivity index (χ3n) is 5.35. The molecule has 2 fully saturated rings. The summed E-state index contributed by atoms with van der Waals surface area (Å²) in [6.07, 6.45) is 5.02. The number of fused-ring (bicyclic) bond motifs is 2. The number of carbonyl (C=O) groups is 1. The number of nitrogens with two attached hydrogens (primary N) is 1. The van der Waals surface area contributed by atoms with E-state index in [2.05, 4.69) is 5.32 Å². The Kier molecular flexibility index (Phi) is 6.63. The molecule has 146 valence electrons. The maximum absolute atomic E-state index is 12.6. The Labute approximate surface area is 158 Å². The van der Waals surface area contributed by atoms with Crippen molar-refractivity contribution in [1.29, 1.82) is 0 Å². The number of rotatable bonds is 4. The van der Waals surface area contributed by atoms with Crippen molar-refractivity contribution in [1.82, 2.24) is 5.32 Å². The Bertz CT molecular complexity index is 729. The van der Waals surface area contributed by atoms with Crippen molar-refractivity contribution in [3.05, 3.63) is 29.8 Å². The molecule has 0 spiro atoms. The van der Waals surface area contributed by atoms with E-state index in [1.165, 1.54) is 12.1 Å². The van der Waals surface area contributed by atoms with Crippen molar-refractivity contribution in [3.63, 3.8) is 0 Å². The van der Waals surface area contributed by atoms with Gasteiger partial charge < -0.3 is 11.1 Å². The molecule has 0 radical (unpaired) electrons. The van der Waals surface area contributed by atoms with E-state index in [-0.39, 0.29) is 36.0 Å². The molecule has 2 saturated carbocycles. The Morgan fingerprint density at radius 3 is 2.15 bits per heavy atom. The zero-order valence-corrected chi connectivity index (χ0v) is 15.7. The molecule has 2 atom stereocenters. The number of carbonyl (C=O) groups excluding carboxylic acids is 1. The summed E-state index contributed by atoms with van der Waals surface area (Å²) in [5.74, 6) is -3.05. The van der Waals surface area contributed by atoms with E-state index < -0.39 is 20.5 Å². The minimum Gasteiger partial charge on any atom is -0.349 e. The molecule has 9 heteroatoms. The van der Waals surface area contributed by atoms with Gasteiger partial charge in [-0.3, -0.25) is 4.79 Å². The summed E-state index contributed by atoms with van der Waals surface area (Å²) in [5.41, 5.74) is 6.35. The lowest BCUT2D eigenvalue weighted by molar-refractivity contribution is 0.0756. The third kappa shape index (κ3) is 4.18. The van der Waals surface area contributed by atoms with E-state index in [0.29, 0.717) is 11.8 Å². The summed E-state index contributed by atoms with van der Waals surface area (Å²) in [6, 6.07) is 4.90. The first-order valence-corrected chi connectivity index (χ1v) is 10.0. The van der Waals surface area contributed by atoms with Crippen LogP contribution in [0.4, 0.5) is 8.78 Å². The highest BCUT2D eigenvalue weighted by molar-refractivity contribution is 7.91. The highest BCUT2D eigenvalue weighted by Crippen LogP contribution is 2.39. The lowest BCUT2D eigenvalue weighted by atomic mass is 9.67. The molecule has 1 amide bonds. The molecule has 3 rings (SSSR count). The molecule has 2 unspecified atom stereocenters. The SMILES string of the molecule is Cl.NC1CC2CCCC(C1)C2NC(=O)c1ccc(S(=O)(=O)C(F)F)cc1. The van der Waals surface area contributed by atoms with Crippen LogP contribution in [-0.4, -0.2) is 32.2 Å². The molecule has 0 aliphatic heterocycles. The van der Waals surface area contributed by atoms with Crippen LogP contribution in [0.3, 0.4) is 0 Å². The van der Waals surface area contributed by atoms with Crippen LogP contribution < -0.4 is 11.1 Å². The van der Waals surface area contributed by atoms with Crippen molar-refractivity contribution >= 4 is 28.2 Å². The van der Waals surface area contributed by atoms with Gasteiger partial charge in [0.15, 0.2) is 0 Å². The zero-order chi connectivity index (χ0) is 18.2. The number of hydrogen-bond donors (Lipinski definition) is 2. The highest BCUT2D eigenvalue weighted by Gasteiger charge is 2.40. The zero-order valence-electron chi connectivity index (χ0n) is 14.1. The van der Waals surface area contributed by atoms with Crippen LogP contribution in [0.2, 0.25) is 0 Å². The number of halogens is 3.